The first-order valence-electron chi connectivity index (χ1n) is 3.24. The Hall–Kier alpha value is -0.650. The minimum Gasteiger partial charge on any atom is -0.234 e. The van der Waals surface area contributed by atoms with E-state index in [-0.39, 0.29) is 0 Å². The molecule has 0 unspecified atom stereocenters. The van der Waals surface area contributed by atoms with Gasteiger partial charge < -0.3 is 0 Å². The van der Waals surface area contributed by atoms with Gasteiger partial charge in [-0.1, -0.05) is 0 Å². The summed E-state index contributed by atoms with van der Waals surface area (Å²) in [5, 5.41) is 4.11. The minimum absolute atomic E-state index is 0.911. The molecule has 0 radical (unpaired) electrons. The van der Waals surface area contributed by atoms with Crippen LogP contribution < -0.4 is 0 Å². The Kier molecular flexibility index (Phi) is 1.56. The molecule has 0 atom stereocenters. The van der Waals surface area contributed by atoms with Gasteiger partial charge in [0.1, 0.15) is 3.70 Å². The van der Waals surface area contributed by atoms with Gasteiger partial charge in [-0.15, -0.1) is 0 Å². The number of nitrogens with zero attached hydrogens (tertiary/aromatic N) is 3. The van der Waals surface area contributed by atoms with Gasteiger partial charge in [0.2, 0.25) is 0 Å². The fraction of sp³-hybridized carbons (Fsp3) is 0.143. The predicted molar refractivity (Wildman–Crippen MR) is 50.4 cm³/mol. The van der Waals surface area contributed by atoms with Crippen LogP contribution in [0, 0.1) is 10.6 Å². The van der Waals surface area contributed by atoms with Crippen molar-refractivity contribution in [2.24, 2.45) is 0 Å². The molecule has 11 heavy (non-hydrogen) atoms. The molecular weight excluding hydrogens is 253 g/mol. The largest absolute Gasteiger partial charge is 0.234 e. The molecule has 0 aromatic carbocycles. The van der Waals surface area contributed by atoms with Crippen LogP contribution in [0.1, 0.15) is 5.69 Å². The van der Waals surface area contributed by atoms with E-state index >= 15 is 0 Å². The molecule has 0 fully saturated rings. The second kappa shape index (κ2) is 2.44. The van der Waals surface area contributed by atoms with E-state index in [4.69, 9.17) is 0 Å². The molecule has 0 saturated heterocycles. The van der Waals surface area contributed by atoms with Gasteiger partial charge in [-0.2, -0.15) is 5.10 Å². The quantitative estimate of drug-likeness (QED) is 0.531. The summed E-state index contributed by atoms with van der Waals surface area (Å²) in [6.45, 7) is 1.98. The average Bonchev–Trinajstić information content (AvgIpc) is 2.34. The number of hydrogen-bond acceptors (Lipinski definition) is 2. The monoisotopic (exact) mass is 259 g/mol. The third kappa shape index (κ3) is 1.11. The zero-order valence-electron chi connectivity index (χ0n) is 5.95. The maximum Gasteiger partial charge on any atom is 0.156 e. The first-order chi connectivity index (χ1) is 5.27. The molecule has 56 valence electrons. The van der Waals surface area contributed by atoms with Crippen LogP contribution in [0.15, 0.2) is 18.3 Å². The molecule has 0 N–H and O–H groups in total. The summed E-state index contributed by atoms with van der Waals surface area (Å²) in [5.74, 6) is 0. The van der Waals surface area contributed by atoms with Crippen molar-refractivity contribution in [2.75, 3.05) is 0 Å². The van der Waals surface area contributed by atoms with Crippen molar-refractivity contribution in [2.45, 2.75) is 6.92 Å². The van der Waals surface area contributed by atoms with Crippen LogP contribution in [0.2, 0.25) is 0 Å². The summed E-state index contributed by atoms with van der Waals surface area (Å²) in [7, 11) is 0. The molecule has 0 amide bonds. The molecular formula is C7H6IN3. The van der Waals surface area contributed by atoms with Crippen molar-refractivity contribution in [3.63, 3.8) is 0 Å². The zero-order valence-corrected chi connectivity index (χ0v) is 8.11. The van der Waals surface area contributed by atoms with Crippen molar-refractivity contribution in [3.05, 3.63) is 27.7 Å². The van der Waals surface area contributed by atoms with Crippen LogP contribution in [0.4, 0.5) is 0 Å². The Morgan fingerprint density at radius 1 is 1.55 bits per heavy atom. The standard InChI is InChI=1S/C7H6IN3/c1-5-4-6(8)11-7(10-5)2-3-9-11/h2-4H,1H3. The van der Waals surface area contributed by atoms with Gasteiger partial charge in [-0.25, -0.2) is 9.50 Å². The van der Waals surface area contributed by atoms with E-state index in [0.717, 1.165) is 15.0 Å². The molecule has 2 aromatic heterocycles. The van der Waals surface area contributed by atoms with Gasteiger partial charge in [0, 0.05) is 11.8 Å². The first-order valence-corrected chi connectivity index (χ1v) is 4.32. The number of hydrogen-bond donors (Lipinski definition) is 0. The molecule has 0 aliphatic carbocycles. The molecule has 0 saturated carbocycles. The van der Waals surface area contributed by atoms with Gasteiger partial charge in [-0.3, -0.25) is 0 Å². The Labute approximate surface area is 77.6 Å². The number of halogens is 1. The van der Waals surface area contributed by atoms with Gasteiger partial charge >= 0.3 is 0 Å². The Balaban J connectivity index is 2.91. The summed E-state index contributed by atoms with van der Waals surface area (Å²) in [5.41, 5.74) is 1.94. The van der Waals surface area contributed by atoms with Crippen LogP contribution in [0.5, 0.6) is 0 Å². The molecule has 0 bridgehead atoms. The van der Waals surface area contributed by atoms with E-state index in [1.165, 1.54) is 0 Å². The van der Waals surface area contributed by atoms with Crippen molar-refractivity contribution in [1.29, 1.82) is 0 Å². The first kappa shape index (κ1) is 7.02. The molecule has 0 aliphatic rings. The average molecular weight is 259 g/mol. The fourth-order valence-corrected chi connectivity index (χ4v) is 1.81. The number of fused-ring (bicyclic) bond motifs is 1. The highest BCUT2D eigenvalue weighted by molar-refractivity contribution is 14.1. The molecule has 4 heteroatoms. The molecule has 3 nitrogen and oxygen atoms in total. The van der Waals surface area contributed by atoms with Crippen molar-refractivity contribution >= 4 is 28.2 Å². The van der Waals surface area contributed by atoms with Crippen molar-refractivity contribution in [1.82, 2.24) is 14.6 Å². The van der Waals surface area contributed by atoms with Gasteiger partial charge in [0.25, 0.3) is 0 Å². The van der Waals surface area contributed by atoms with Gasteiger partial charge in [-0.05, 0) is 35.6 Å². The maximum absolute atomic E-state index is 4.29. The third-order valence-corrected chi connectivity index (χ3v) is 2.21. The van der Waals surface area contributed by atoms with Crippen molar-refractivity contribution in [3.8, 4) is 0 Å². The van der Waals surface area contributed by atoms with E-state index in [2.05, 4.69) is 32.7 Å². The second-order valence-corrected chi connectivity index (χ2v) is 3.43. The molecule has 0 spiro atoms. The molecule has 0 aliphatic heterocycles. The highest BCUT2D eigenvalue weighted by Crippen LogP contribution is 2.08. The topological polar surface area (TPSA) is 30.2 Å². The summed E-state index contributed by atoms with van der Waals surface area (Å²) in [4.78, 5) is 4.29. The lowest BCUT2D eigenvalue weighted by Crippen LogP contribution is -1.96. The van der Waals surface area contributed by atoms with E-state index in [1.54, 1.807) is 6.20 Å². The summed E-state index contributed by atoms with van der Waals surface area (Å²) in [6, 6.07) is 3.90. The number of rotatable bonds is 0. The van der Waals surface area contributed by atoms with Gasteiger partial charge in [0.05, 0.1) is 6.20 Å². The van der Waals surface area contributed by atoms with Gasteiger partial charge in [0.15, 0.2) is 5.65 Å². The highest BCUT2D eigenvalue weighted by Gasteiger charge is 1.99. The second-order valence-electron chi connectivity index (χ2n) is 2.32. The zero-order chi connectivity index (χ0) is 7.84. The Morgan fingerprint density at radius 2 is 2.36 bits per heavy atom. The number of aromatic nitrogens is 3. The Bertz CT molecular complexity index is 393. The number of aryl methyl sites for hydroxylation is 1. The van der Waals surface area contributed by atoms with Crippen LogP contribution in [-0.2, 0) is 0 Å². The SMILES string of the molecule is Cc1cc(I)n2nccc2n1. The summed E-state index contributed by atoms with van der Waals surface area (Å²) < 4.78 is 2.91. The molecule has 2 rings (SSSR count). The van der Waals surface area contributed by atoms with Crippen LogP contribution >= 0.6 is 22.6 Å². The normalized spacial score (nSPS) is 10.7. The van der Waals surface area contributed by atoms with Crippen molar-refractivity contribution < 1.29 is 0 Å². The molecule has 2 heterocycles. The van der Waals surface area contributed by atoms with E-state index in [9.17, 15) is 0 Å². The minimum atomic E-state index is 0.911. The lowest BCUT2D eigenvalue weighted by molar-refractivity contribution is 0.902. The lowest BCUT2D eigenvalue weighted by atomic mass is 10.4. The summed E-state index contributed by atoms with van der Waals surface area (Å²) in [6.07, 6.45) is 1.75. The highest BCUT2D eigenvalue weighted by atomic mass is 127. The van der Waals surface area contributed by atoms with Crippen LogP contribution in [0.25, 0.3) is 5.65 Å². The van der Waals surface area contributed by atoms with E-state index < -0.39 is 0 Å². The Morgan fingerprint density at radius 3 is 3.18 bits per heavy atom. The fourth-order valence-electron chi connectivity index (χ4n) is 0.992. The third-order valence-electron chi connectivity index (χ3n) is 1.44. The van der Waals surface area contributed by atoms with Crippen LogP contribution in [0.3, 0.4) is 0 Å². The molecule has 2 aromatic rings. The lowest BCUT2D eigenvalue weighted by Gasteiger charge is -1.97. The smallest absolute Gasteiger partial charge is 0.156 e. The maximum atomic E-state index is 4.29. The van der Waals surface area contributed by atoms with E-state index in [0.29, 0.717) is 0 Å². The summed E-state index contributed by atoms with van der Waals surface area (Å²) >= 11 is 2.24. The predicted octanol–water partition coefficient (Wildman–Crippen LogP) is 1.64. The van der Waals surface area contributed by atoms with Crippen LogP contribution in [-0.4, -0.2) is 14.6 Å². The van der Waals surface area contributed by atoms with E-state index in [1.807, 2.05) is 23.6 Å².